The molecule has 0 aromatic heterocycles. The minimum Gasteiger partial charge on any atom is -0.462 e. The predicted octanol–water partition coefficient (Wildman–Crippen LogP) is 4.52. The molecular formula is C28H28N2O4. The van der Waals surface area contributed by atoms with Crippen molar-refractivity contribution < 1.29 is 19.1 Å². The van der Waals surface area contributed by atoms with Crippen LogP contribution in [0, 0.1) is 5.92 Å². The number of rotatable bonds is 10. The maximum Gasteiger partial charge on any atom is 0.330 e. The van der Waals surface area contributed by atoms with E-state index >= 15 is 0 Å². The number of carbonyl (C=O) groups excluding carboxylic acids is 2. The Labute approximate surface area is 199 Å². The molecule has 3 rings (SSSR count). The second-order valence-corrected chi connectivity index (χ2v) is 7.78. The fourth-order valence-electron chi connectivity index (χ4n) is 3.23. The van der Waals surface area contributed by atoms with Crippen molar-refractivity contribution in [2.75, 3.05) is 24.7 Å². The van der Waals surface area contributed by atoms with Crippen LogP contribution in [0.2, 0.25) is 0 Å². The second-order valence-electron chi connectivity index (χ2n) is 7.78. The molecule has 0 aliphatic heterocycles. The molecule has 0 atom stereocenters. The molecule has 174 valence electrons. The molecule has 0 heterocycles. The lowest BCUT2D eigenvalue weighted by atomic mass is 9.99. The van der Waals surface area contributed by atoms with Gasteiger partial charge in [-0.3, -0.25) is 0 Å². The Kier molecular flexibility index (Phi) is 9.05. The summed E-state index contributed by atoms with van der Waals surface area (Å²) in [5.41, 5.74) is 15.6. The molecule has 34 heavy (non-hydrogen) atoms. The topological polar surface area (TPSA) is 105 Å². The number of nitrogens with two attached hydrogens (primary N) is 2. The average Bonchev–Trinajstić information content (AvgIpc) is 2.85. The van der Waals surface area contributed by atoms with Gasteiger partial charge in [-0.2, -0.15) is 0 Å². The van der Waals surface area contributed by atoms with Gasteiger partial charge < -0.3 is 20.9 Å². The van der Waals surface area contributed by atoms with Gasteiger partial charge in [-0.25, -0.2) is 9.59 Å². The van der Waals surface area contributed by atoms with E-state index in [-0.39, 0.29) is 19.1 Å². The van der Waals surface area contributed by atoms with Crippen molar-refractivity contribution in [2.24, 2.45) is 5.92 Å². The third-order valence-corrected chi connectivity index (χ3v) is 5.02. The van der Waals surface area contributed by atoms with Gasteiger partial charge >= 0.3 is 11.9 Å². The van der Waals surface area contributed by atoms with Gasteiger partial charge in [0.15, 0.2) is 0 Å². The van der Waals surface area contributed by atoms with Crippen LogP contribution >= 0.6 is 0 Å². The molecule has 0 aliphatic rings. The van der Waals surface area contributed by atoms with E-state index in [4.69, 9.17) is 20.9 Å². The van der Waals surface area contributed by atoms with Crippen molar-refractivity contribution in [3.05, 3.63) is 108 Å². The number of nitrogen functional groups attached to an aromatic ring is 2. The number of carbonyl (C=O) groups is 2. The average molecular weight is 457 g/mol. The Bertz CT molecular complexity index is 1080. The zero-order chi connectivity index (χ0) is 24.2. The number of ether oxygens (including phenoxy) is 2. The van der Waals surface area contributed by atoms with Crippen LogP contribution in [0.4, 0.5) is 11.4 Å². The lowest BCUT2D eigenvalue weighted by Gasteiger charge is -2.18. The first kappa shape index (κ1) is 24.3. The summed E-state index contributed by atoms with van der Waals surface area (Å²) in [5, 5.41) is 0. The SMILES string of the molecule is Nc1ccc(CC(COC(=O)/C=C/c2ccccc2)COC(=O)/C=C/c2ccccc2)c(N)c1. The summed E-state index contributed by atoms with van der Waals surface area (Å²) < 4.78 is 10.8. The Balaban J connectivity index is 1.60. The predicted molar refractivity (Wildman–Crippen MR) is 135 cm³/mol. The van der Waals surface area contributed by atoms with E-state index in [1.165, 1.54) is 12.2 Å². The van der Waals surface area contributed by atoms with Crippen molar-refractivity contribution in [1.82, 2.24) is 0 Å². The summed E-state index contributed by atoms with van der Waals surface area (Å²) in [4.78, 5) is 24.4. The summed E-state index contributed by atoms with van der Waals surface area (Å²) in [5.74, 6) is -1.24. The van der Waals surface area contributed by atoms with Crippen LogP contribution in [0.5, 0.6) is 0 Å². The Morgan fingerprint density at radius 3 is 1.71 bits per heavy atom. The molecule has 0 bridgehead atoms. The lowest BCUT2D eigenvalue weighted by Crippen LogP contribution is -2.22. The summed E-state index contributed by atoms with van der Waals surface area (Å²) in [7, 11) is 0. The highest BCUT2D eigenvalue weighted by Crippen LogP contribution is 2.20. The van der Waals surface area contributed by atoms with Crippen molar-refractivity contribution in [1.29, 1.82) is 0 Å². The summed E-state index contributed by atoms with van der Waals surface area (Å²) in [6, 6.07) is 24.2. The van der Waals surface area contributed by atoms with Crippen LogP contribution in [0.15, 0.2) is 91.0 Å². The number of anilines is 2. The number of benzene rings is 3. The highest BCUT2D eigenvalue weighted by atomic mass is 16.5. The van der Waals surface area contributed by atoms with Crippen molar-refractivity contribution in [3.8, 4) is 0 Å². The largest absolute Gasteiger partial charge is 0.462 e. The summed E-state index contributed by atoms with van der Waals surface area (Å²) in [6.45, 7) is 0.134. The van der Waals surface area contributed by atoms with Crippen LogP contribution in [0.1, 0.15) is 16.7 Å². The van der Waals surface area contributed by atoms with Gasteiger partial charge in [0, 0.05) is 29.4 Å². The molecule has 0 aliphatic carbocycles. The first-order valence-electron chi connectivity index (χ1n) is 10.9. The molecule has 0 radical (unpaired) electrons. The van der Waals surface area contributed by atoms with Crippen LogP contribution in [-0.2, 0) is 25.5 Å². The molecule has 0 fully saturated rings. The summed E-state index contributed by atoms with van der Waals surface area (Å²) in [6.07, 6.45) is 6.57. The van der Waals surface area contributed by atoms with Crippen LogP contribution in [-0.4, -0.2) is 25.2 Å². The summed E-state index contributed by atoms with van der Waals surface area (Å²) >= 11 is 0. The molecule has 0 spiro atoms. The maximum absolute atomic E-state index is 12.2. The molecule has 0 unspecified atom stereocenters. The van der Waals surface area contributed by atoms with Gasteiger partial charge in [-0.1, -0.05) is 66.7 Å². The van der Waals surface area contributed by atoms with E-state index in [1.807, 2.05) is 66.7 Å². The molecule has 6 nitrogen and oxygen atoms in total. The van der Waals surface area contributed by atoms with E-state index in [0.717, 1.165) is 16.7 Å². The monoisotopic (exact) mass is 456 g/mol. The molecule has 6 heteroatoms. The minimum atomic E-state index is -0.477. The molecule has 0 amide bonds. The zero-order valence-corrected chi connectivity index (χ0v) is 18.8. The number of esters is 2. The van der Waals surface area contributed by atoms with Crippen molar-refractivity contribution in [2.45, 2.75) is 6.42 Å². The third kappa shape index (κ3) is 8.31. The highest BCUT2D eigenvalue weighted by Gasteiger charge is 2.16. The second kappa shape index (κ2) is 12.6. The van der Waals surface area contributed by atoms with Gasteiger partial charge in [0.1, 0.15) is 0 Å². The number of hydrogen-bond acceptors (Lipinski definition) is 6. The van der Waals surface area contributed by atoms with Gasteiger partial charge in [0.05, 0.1) is 13.2 Å². The Morgan fingerprint density at radius 1 is 0.735 bits per heavy atom. The molecule has 3 aromatic carbocycles. The van der Waals surface area contributed by atoms with Crippen molar-refractivity contribution >= 4 is 35.5 Å². The number of hydrogen-bond donors (Lipinski definition) is 2. The fourth-order valence-corrected chi connectivity index (χ4v) is 3.23. The van der Waals surface area contributed by atoms with E-state index < -0.39 is 11.9 Å². The lowest BCUT2D eigenvalue weighted by molar-refractivity contribution is -0.142. The Hall–Kier alpha value is -4.32. The van der Waals surface area contributed by atoms with Crippen LogP contribution < -0.4 is 11.5 Å². The highest BCUT2D eigenvalue weighted by molar-refractivity contribution is 5.87. The fraction of sp³-hybridized carbons (Fsp3) is 0.143. The van der Waals surface area contributed by atoms with Gasteiger partial charge in [0.25, 0.3) is 0 Å². The van der Waals surface area contributed by atoms with Crippen LogP contribution in [0.25, 0.3) is 12.2 Å². The van der Waals surface area contributed by atoms with E-state index in [2.05, 4.69) is 0 Å². The van der Waals surface area contributed by atoms with E-state index in [1.54, 1.807) is 24.3 Å². The zero-order valence-electron chi connectivity index (χ0n) is 18.8. The van der Waals surface area contributed by atoms with Crippen LogP contribution in [0.3, 0.4) is 0 Å². The first-order chi connectivity index (χ1) is 16.5. The van der Waals surface area contributed by atoms with E-state index in [9.17, 15) is 9.59 Å². The van der Waals surface area contributed by atoms with Gasteiger partial charge in [-0.15, -0.1) is 0 Å². The molecule has 4 N–H and O–H groups in total. The smallest absolute Gasteiger partial charge is 0.330 e. The quantitative estimate of drug-likeness (QED) is 0.264. The standard InChI is InChI=1S/C28H28N2O4/c29-25-14-13-24(26(30)18-25)17-23(19-33-27(31)15-11-21-7-3-1-4-8-21)20-34-28(32)16-12-22-9-5-2-6-10-22/h1-16,18,23H,17,19-20,29-30H2/b15-11+,16-12+. The van der Waals surface area contributed by atoms with Gasteiger partial charge in [0.2, 0.25) is 0 Å². The Morgan fingerprint density at radius 2 is 1.24 bits per heavy atom. The molecule has 0 saturated heterocycles. The molecular weight excluding hydrogens is 428 g/mol. The maximum atomic E-state index is 12.2. The molecule has 3 aromatic rings. The van der Waals surface area contributed by atoms with Gasteiger partial charge in [-0.05, 0) is 47.4 Å². The normalized spacial score (nSPS) is 11.2. The van der Waals surface area contributed by atoms with E-state index in [0.29, 0.717) is 17.8 Å². The van der Waals surface area contributed by atoms with Crippen molar-refractivity contribution in [3.63, 3.8) is 0 Å². The minimum absolute atomic E-state index is 0.0669. The first-order valence-corrected chi connectivity index (χ1v) is 10.9. The third-order valence-electron chi connectivity index (χ3n) is 5.02. The molecule has 0 saturated carbocycles.